The molecule has 2 N–H and O–H groups in total. The van der Waals surface area contributed by atoms with Crippen molar-refractivity contribution in [3.8, 4) is 0 Å². The fourth-order valence-corrected chi connectivity index (χ4v) is 2.55. The van der Waals surface area contributed by atoms with E-state index in [-0.39, 0.29) is 5.91 Å². The minimum absolute atomic E-state index is 0.0980. The Balaban J connectivity index is 1.72. The van der Waals surface area contributed by atoms with Crippen LogP contribution in [0.15, 0.2) is 12.4 Å². The molecule has 6 nitrogen and oxygen atoms in total. The van der Waals surface area contributed by atoms with Crippen LogP contribution in [-0.2, 0) is 7.05 Å². The van der Waals surface area contributed by atoms with E-state index < -0.39 is 0 Å². The standard InChI is InChI=1S/C14H25N5O/c1-17-12-13(11-16-17)14(20)19-9-7-18(8-10-19)6-4-2-3-5-15/h11-12H,2-10,15H2,1H3. The first-order chi connectivity index (χ1) is 9.70. The molecule has 0 spiro atoms. The Morgan fingerprint density at radius 1 is 1.25 bits per heavy atom. The van der Waals surface area contributed by atoms with E-state index >= 15 is 0 Å². The number of nitrogens with two attached hydrogens (primary N) is 1. The number of piperazine rings is 1. The Morgan fingerprint density at radius 3 is 2.60 bits per heavy atom. The maximum Gasteiger partial charge on any atom is 0.257 e. The second-order valence-corrected chi connectivity index (χ2v) is 5.39. The average Bonchev–Trinajstić information content (AvgIpc) is 2.90. The summed E-state index contributed by atoms with van der Waals surface area (Å²) in [5, 5.41) is 4.05. The van der Waals surface area contributed by atoms with Crippen molar-refractivity contribution in [3.63, 3.8) is 0 Å². The number of hydrogen-bond acceptors (Lipinski definition) is 4. The molecule has 20 heavy (non-hydrogen) atoms. The molecule has 0 atom stereocenters. The molecule has 0 radical (unpaired) electrons. The summed E-state index contributed by atoms with van der Waals surface area (Å²) in [6.07, 6.45) is 6.93. The fourth-order valence-electron chi connectivity index (χ4n) is 2.55. The van der Waals surface area contributed by atoms with E-state index in [0.29, 0.717) is 5.56 Å². The van der Waals surface area contributed by atoms with Crippen molar-refractivity contribution in [2.45, 2.75) is 19.3 Å². The van der Waals surface area contributed by atoms with Crippen molar-refractivity contribution in [2.24, 2.45) is 12.8 Å². The molecular weight excluding hydrogens is 254 g/mol. The van der Waals surface area contributed by atoms with E-state index in [2.05, 4.69) is 10.00 Å². The number of nitrogens with zero attached hydrogens (tertiary/aromatic N) is 4. The van der Waals surface area contributed by atoms with Gasteiger partial charge in [-0.05, 0) is 25.9 Å². The van der Waals surface area contributed by atoms with Gasteiger partial charge in [-0.25, -0.2) is 0 Å². The molecule has 1 aliphatic rings. The van der Waals surface area contributed by atoms with Crippen molar-refractivity contribution >= 4 is 5.91 Å². The zero-order valence-electron chi connectivity index (χ0n) is 12.3. The zero-order chi connectivity index (χ0) is 14.4. The fraction of sp³-hybridized carbons (Fsp3) is 0.714. The van der Waals surface area contributed by atoms with Crippen LogP contribution in [0.5, 0.6) is 0 Å². The second kappa shape index (κ2) is 7.40. The van der Waals surface area contributed by atoms with Crippen molar-refractivity contribution in [2.75, 3.05) is 39.3 Å². The van der Waals surface area contributed by atoms with Gasteiger partial charge in [0.15, 0.2) is 0 Å². The van der Waals surface area contributed by atoms with Crippen LogP contribution in [0.3, 0.4) is 0 Å². The van der Waals surface area contributed by atoms with Crippen LogP contribution in [0.4, 0.5) is 0 Å². The van der Waals surface area contributed by atoms with Crippen LogP contribution in [0.1, 0.15) is 29.6 Å². The Kier molecular flexibility index (Phi) is 5.55. The molecule has 6 heteroatoms. The van der Waals surface area contributed by atoms with Crippen molar-refractivity contribution in [1.29, 1.82) is 0 Å². The summed E-state index contributed by atoms with van der Waals surface area (Å²) in [5.74, 6) is 0.0980. The van der Waals surface area contributed by atoms with Gasteiger partial charge in [-0.2, -0.15) is 5.10 Å². The highest BCUT2D eigenvalue weighted by atomic mass is 16.2. The topological polar surface area (TPSA) is 67.4 Å². The minimum Gasteiger partial charge on any atom is -0.336 e. The van der Waals surface area contributed by atoms with Gasteiger partial charge >= 0.3 is 0 Å². The molecule has 2 heterocycles. The summed E-state index contributed by atoms with van der Waals surface area (Å²) >= 11 is 0. The van der Waals surface area contributed by atoms with E-state index in [1.807, 2.05) is 11.9 Å². The first-order valence-corrected chi connectivity index (χ1v) is 7.41. The normalized spacial score (nSPS) is 16.6. The first-order valence-electron chi connectivity index (χ1n) is 7.41. The molecule has 0 aliphatic carbocycles. The van der Waals surface area contributed by atoms with E-state index in [9.17, 15) is 4.79 Å². The predicted molar refractivity (Wildman–Crippen MR) is 78.5 cm³/mol. The molecule has 1 fully saturated rings. The third-order valence-corrected chi connectivity index (χ3v) is 3.79. The highest BCUT2D eigenvalue weighted by Gasteiger charge is 2.22. The number of amides is 1. The molecule has 1 aromatic heterocycles. The van der Waals surface area contributed by atoms with Crippen LogP contribution in [-0.4, -0.2) is 64.8 Å². The highest BCUT2D eigenvalue weighted by Crippen LogP contribution is 2.09. The van der Waals surface area contributed by atoms with Crippen LogP contribution in [0, 0.1) is 0 Å². The Labute approximate surface area is 120 Å². The average molecular weight is 279 g/mol. The third kappa shape index (κ3) is 4.05. The number of aromatic nitrogens is 2. The van der Waals surface area contributed by atoms with Crippen molar-refractivity contribution < 1.29 is 4.79 Å². The summed E-state index contributed by atoms with van der Waals surface area (Å²) in [7, 11) is 1.83. The molecule has 0 aromatic carbocycles. The lowest BCUT2D eigenvalue weighted by Gasteiger charge is -2.34. The lowest BCUT2D eigenvalue weighted by Crippen LogP contribution is -2.48. The number of rotatable bonds is 6. The number of unbranched alkanes of at least 4 members (excludes halogenated alkanes) is 2. The van der Waals surface area contributed by atoms with Crippen molar-refractivity contribution in [1.82, 2.24) is 19.6 Å². The monoisotopic (exact) mass is 279 g/mol. The summed E-state index contributed by atoms with van der Waals surface area (Å²) in [6, 6.07) is 0. The number of aryl methyl sites for hydroxylation is 1. The van der Waals surface area contributed by atoms with Crippen LogP contribution in [0.2, 0.25) is 0 Å². The Hall–Kier alpha value is -1.40. The van der Waals surface area contributed by atoms with Gasteiger partial charge in [0.2, 0.25) is 0 Å². The largest absolute Gasteiger partial charge is 0.336 e. The van der Waals surface area contributed by atoms with Crippen LogP contribution in [0.25, 0.3) is 0 Å². The first kappa shape index (κ1) is 15.0. The van der Waals surface area contributed by atoms with Crippen molar-refractivity contribution in [3.05, 3.63) is 18.0 Å². The Morgan fingerprint density at radius 2 is 2.00 bits per heavy atom. The number of carbonyl (C=O) groups is 1. The van der Waals surface area contributed by atoms with E-state index in [1.54, 1.807) is 17.1 Å². The maximum absolute atomic E-state index is 12.3. The zero-order valence-corrected chi connectivity index (χ0v) is 12.3. The molecule has 2 rings (SSSR count). The third-order valence-electron chi connectivity index (χ3n) is 3.79. The molecule has 1 saturated heterocycles. The lowest BCUT2D eigenvalue weighted by atomic mass is 10.2. The quantitative estimate of drug-likeness (QED) is 0.761. The molecule has 1 amide bonds. The van der Waals surface area contributed by atoms with Gasteiger partial charge in [0.25, 0.3) is 5.91 Å². The summed E-state index contributed by atoms with van der Waals surface area (Å²) in [5.41, 5.74) is 6.18. The second-order valence-electron chi connectivity index (χ2n) is 5.39. The molecular formula is C14H25N5O. The minimum atomic E-state index is 0.0980. The number of hydrogen-bond donors (Lipinski definition) is 1. The number of carbonyl (C=O) groups excluding carboxylic acids is 1. The van der Waals surface area contributed by atoms with Gasteiger partial charge in [0.1, 0.15) is 0 Å². The lowest BCUT2D eigenvalue weighted by molar-refractivity contribution is 0.0635. The van der Waals surface area contributed by atoms with E-state index in [4.69, 9.17) is 5.73 Å². The summed E-state index contributed by atoms with van der Waals surface area (Å²) < 4.78 is 1.67. The highest BCUT2D eigenvalue weighted by molar-refractivity contribution is 5.93. The SMILES string of the molecule is Cn1cc(C(=O)N2CCN(CCCCCN)CC2)cn1. The maximum atomic E-state index is 12.3. The molecule has 0 bridgehead atoms. The van der Waals surface area contributed by atoms with Crippen LogP contribution < -0.4 is 5.73 Å². The molecule has 112 valence electrons. The van der Waals surface area contributed by atoms with Gasteiger partial charge in [-0.1, -0.05) is 6.42 Å². The Bertz CT molecular complexity index is 423. The molecule has 1 aliphatic heterocycles. The van der Waals surface area contributed by atoms with Gasteiger partial charge in [-0.3, -0.25) is 14.4 Å². The molecule has 0 saturated carbocycles. The van der Waals surface area contributed by atoms with Gasteiger partial charge in [-0.15, -0.1) is 0 Å². The molecule has 0 unspecified atom stereocenters. The van der Waals surface area contributed by atoms with E-state index in [1.165, 1.54) is 12.8 Å². The summed E-state index contributed by atoms with van der Waals surface area (Å²) in [4.78, 5) is 16.6. The van der Waals surface area contributed by atoms with Crippen LogP contribution >= 0.6 is 0 Å². The van der Waals surface area contributed by atoms with Gasteiger partial charge in [0, 0.05) is 39.4 Å². The predicted octanol–water partition coefficient (Wildman–Crippen LogP) is 0.307. The van der Waals surface area contributed by atoms with E-state index in [0.717, 1.165) is 45.7 Å². The molecule has 1 aromatic rings. The smallest absolute Gasteiger partial charge is 0.257 e. The summed E-state index contributed by atoms with van der Waals surface area (Å²) in [6.45, 7) is 5.46. The van der Waals surface area contributed by atoms with Gasteiger partial charge in [0.05, 0.1) is 11.8 Å². The van der Waals surface area contributed by atoms with Gasteiger partial charge < -0.3 is 10.6 Å².